The molecule has 2 rings (SSSR count). The van der Waals surface area contributed by atoms with Crippen molar-refractivity contribution in [1.29, 1.82) is 0 Å². The first-order valence-corrected chi connectivity index (χ1v) is 6.29. The lowest BCUT2D eigenvalue weighted by Gasteiger charge is -2.08. The first-order chi connectivity index (χ1) is 8.22. The van der Waals surface area contributed by atoms with Gasteiger partial charge < -0.3 is 5.32 Å². The second kappa shape index (κ2) is 5.48. The van der Waals surface area contributed by atoms with E-state index in [9.17, 15) is 0 Å². The lowest BCUT2D eigenvalue weighted by Crippen LogP contribution is -2.09. The van der Waals surface area contributed by atoms with Crippen LogP contribution in [0, 0.1) is 6.92 Å². The first-order valence-electron chi connectivity index (χ1n) is 5.91. The molecule has 0 unspecified atom stereocenters. The maximum absolute atomic E-state index is 6.14. The van der Waals surface area contributed by atoms with E-state index in [4.69, 9.17) is 11.6 Å². The van der Waals surface area contributed by atoms with Gasteiger partial charge in [0, 0.05) is 11.1 Å². The Morgan fingerprint density at radius 1 is 1.35 bits per heavy atom. The van der Waals surface area contributed by atoms with Gasteiger partial charge in [-0.25, -0.2) is 0 Å². The quantitative estimate of drug-likeness (QED) is 0.840. The summed E-state index contributed by atoms with van der Waals surface area (Å²) in [5.41, 5.74) is 3.31. The molecule has 0 bridgehead atoms. The number of nitrogens with one attached hydrogen (secondary N) is 1. The minimum absolute atomic E-state index is 0.729. The predicted octanol–water partition coefficient (Wildman–Crippen LogP) is 3.35. The molecule has 1 aromatic carbocycles. The number of fused-ring (bicyclic) bond motifs is 1. The van der Waals surface area contributed by atoms with Crippen LogP contribution in [0.25, 0.3) is 10.9 Å². The number of hydrogen-bond acceptors (Lipinski definition) is 2. The van der Waals surface area contributed by atoms with Crippen molar-refractivity contribution in [3.05, 3.63) is 40.5 Å². The van der Waals surface area contributed by atoms with E-state index in [1.54, 1.807) is 0 Å². The van der Waals surface area contributed by atoms with Gasteiger partial charge in [0.25, 0.3) is 0 Å². The van der Waals surface area contributed by atoms with E-state index in [0.717, 1.165) is 41.0 Å². The molecule has 2 aromatic rings. The average Bonchev–Trinajstić information content (AvgIpc) is 2.31. The Hall–Kier alpha value is -1.12. The number of hydrogen-bond donors (Lipinski definition) is 1. The lowest BCUT2D eigenvalue weighted by molar-refractivity contribution is 0.721. The van der Waals surface area contributed by atoms with Gasteiger partial charge in [0.15, 0.2) is 0 Å². The zero-order valence-electron chi connectivity index (χ0n) is 10.3. The van der Waals surface area contributed by atoms with Crippen LogP contribution in [0.5, 0.6) is 0 Å². The monoisotopic (exact) mass is 248 g/mol. The Morgan fingerprint density at radius 2 is 2.18 bits per heavy atom. The summed E-state index contributed by atoms with van der Waals surface area (Å²) in [4.78, 5) is 4.60. The Morgan fingerprint density at radius 3 is 2.94 bits per heavy atom. The first kappa shape index (κ1) is 12.3. The van der Waals surface area contributed by atoms with Crippen molar-refractivity contribution in [1.82, 2.24) is 10.3 Å². The third-order valence-electron chi connectivity index (χ3n) is 2.96. The zero-order valence-corrected chi connectivity index (χ0v) is 11.0. The van der Waals surface area contributed by atoms with Crippen molar-refractivity contribution in [3.8, 4) is 0 Å². The maximum Gasteiger partial charge on any atom is 0.0891 e. The van der Waals surface area contributed by atoms with E-state index >= 15 is 0 Å². The second-order valence-electron chi connectivity index (χ2n) is 4.25. The Bertz CT molecular complexity index is 523. The number of nitrogens with zero attached hydrogens (tertiary/aromatic N) is 1. The molecular weight excluding hydrogens is 232 g/mol. The average molecular weight is 249 g/mol. The van der Waals surface area contributed by atoms with Gasteiger partial charge >= 0.3 is 0 Å². The fraction of sp³-hybridized carbons (Fsp3) is 0.357. The van der Waals surface area contributed by atoms with E-state index in [1.807, 2.05) is 19.2 Å². The van der Waals surface area contributed by atoms with Crippen LogP contribution in [0.15, 0.2) is 24.3 Å². The Labute approximate surface area is 107 Å². The van der Waals surface area contributed by atoms with E-state index in [0.29, 0.717) is 0 Å². The van der Waals surface area contributed by atoms with Crippen LogP contribution in [0.3, 0.4) is 0 Å². The summed E-state index contributed by atoms with van der Waals surface area (Å²) in [6.07, 6.45) is 2.19. The third kappa shape index (κ3) is 2.76. The third-order valence-corrected chi connectivity index (χ3v) is 3.27. The highest BCUT2D eigenvalue weighted by Crippen LogP contribution is 2.24. The molecule has 0 fully saturated rings. The summed E-state index contributed by atoms with van der Waals surface area (Å²) < 4.78 is 0. The molecule has 0 atom stereocenters. The summed E-state index contributed by atoms with van der Waals surface area (Å²) in [5.74, 6) is 0. The van der Waals surface area contributed by atoms with Gasteiger partial charge in [0.1, 0.15) is 0 Å². The molecule has 0 saturated carbocycles. The molecule has 0 spiro atoms. The van der Waals surface area contributed by atoms with Gasteiger partial charge in [-0.15, -0.1) is 0 Å². The van der Waals surface area contributed by atoms with Crippen LogP contribution in [0.2, 0.25) is 5.02 Å². The topological polar surface area (TPSA) is 24.9 Å². The number of para-hydroxylation sites is 1. The minimum Gasteiger partial charge on any atom is -0.320 e. The molecule has 17 heavy (non-hydrogen) atoms. The summed E-state index contributed by atoms with van der Waals surface area (Å²) in [6, 6.07) is 8.13. The largest absolute Gasteiger partial charge is 0.320 e. The van der Waals surface area contributed by atoms with Crippen molar-refractivity contribution in [2.24, 2.45) is 0 Å². The molecule has 0 aliphatic carbocycles. The van der Waals surface area contributed by atoms with Crippen LogP contribution in [-0.2, 0) is 6.42 Å². The van der Waals surface area contributed by atoms with Crippen LogP contribution >= 0.6 is 11.6 Å². The van der Waals surface area contributed by atoms with E-state index < -0.39 is 0 Å². The summed E-state index contributed by atoms with van der Waals surface area (Å²) in [6.45, 7) is 3.09. The second-order valence-corrected chi connectivity index (χ2v) is 4.66. The molecule has 0 amide bonds. The lowest BCUT2D eigenvalue weighted by atomic mass is 10.1. The van der Waals surface area contributed by atoms with E-state index in [2.05, 4.69) is 29.4 Å². The highest BCUT2D eigenvalue weighted by atomic mass is 35.5. The number of rotatable bonds is 4. The molecule has 0 aliphatic rings. The molecule has 3 heteroatoms. The molecule has 1 aromatic heterocycles. The number of aromatic nitrogens is 1. The number of aryl methyl sites for hydroxylation is 2. The van der Waals surface area contributed by atoms with Crippen LogP contribution < -0.4 is 5.32 Å². The van der Waals surface area contributed by atoms with Gasteiger partial charge in [-0.1, -0.05) is 23.7 Å². The fourth-order valence-electron chi connectivity index (χ4n) is 2.01. The maximum atomic E-state index is 6.14. The Kier molecular flexibility index (Phi) is 3.97. The standard InChI is InChI=1S/C14H17ClN2/c1-10-11(6-4-8-16-2)9-12-5-3-7-13(15)14(12)17-10/h3,5,7,9,16H,4,6,8H2,1-2H3. The van der Waals surface area contributed by atoms with Gasteiger partial charge in [-0.2, -0.15) is 0 Å². The minimum atomic E-state index is 0.729. The van der Waals surface area contributed by atoms with Crippen molar-refractivity contribution in [2.75, 3.05) is 13.6 Å². The molecule has 1 heterocycles. The number of halogens is 1. The van der Waals surface area contributed by atoms with Crippen LogP contribution in [0.1, 0.15) is 17.7 Å². The number of benzene rings is 1. The van der Waals surface area contributed by atoms with Gasteiger partial charge in [-0.05, 0) is 51.1 Å². The smallest absolute Gasteiger partial charge is 0.0891 e. The summed E-state index contributed by atoms with van der Waals surface area (Å²) in [7, 11) is 1.98. The summed E-state index contributed by atoms with van der Waals surface area (Å²) >= 11 is 6.14. The van der Waals surface area contributed by atoms with Crippen LogP contribution in [0.4, 0.5) is 0 Å². The fourth-order valence-corrected chi connectivity index (χ4v) is 2.23. The Balaban J connectivity index is 2.35. The van der Waals surface area contributed by atoms with Crippen molar-refractivity contribution >= 4 is 22.5 Å². The summed E-state index contributed by atoms with van der Waals surface area (Å²) in [5, 5.41) is 5.02. The van der Waals surface area contributed by atoms with Crippen molar-refractivity contribution in [2.45, 2.75) is 19.8 Å². The molecule has 0 aliphatic heterocycles. The van der Waals surface area contributed by atoms with Gasteiger partial charge in [-0.3, -0.25) is 4.98 Å². The van der Waals surface area contributed by atoms with E-state index in [-0.39, 0.29) is 0 Å². The number of pyridine rings is 1. The van der Waals surface area contributed by atoms with Crippen molar-refractivity contribution in [3.63, 3.8) is 0 Å². The van der Waals surface area contributed by atoms with Crippen molar-refractivity contribution < 1.29 is 0 Å². The molecule has 90 valence electrons. The molecule has 1 N–H and O–H groups in total. The normalized spacial score (nSPS) is 11.0. The van der Waals surface area contributed by atoms with Gasteiger partial charge in [0.05, 0.1) is 10.5 Å². The predicted molar refractivity (Wildman–Crippen MR) is 73.7 cm³/mol. The molecule has 0 saturated heterocycles. The zero-order chi connectivity index (χ0) is 12.3. The highest BCUT2D eigenvalue weighted by Gasteiger charge is 2.05. The van der Waals surface area contributed by atoms with Crippen LogP contribution in [-0.4, -0.2) is 18.6 Å². The molecule has 0 radical (unpaired) electrons. The molecular formula is C14H17ClN2. The van der Waals surface area contributed by atoms with Gasteiger partial charge in [0.2, 0.25) is 0 Å². The highest BCUT2D eigenvalue weighted by molar-refractivity contribution is 6.35. The molecule has 2 nitrogen and oxygen atoms in total. The van der Waals surface area contributed by atoms with E-state index in [1.165, 1.54) is 5.56 Å². The SMILES string of the molecule is CNCCCc1cc2cccc(Cl)c2nc1C.